The summed E-state index contributed by atoms with van der Waals surface area (Å²) >= 11 is 1.85. The Morgan fingerprint density at radius 2 is 0.920 bits per heavy atom. The number of aromatic nitrogens is 3. The molecular weight excluding hydrogens is 627 g/mol. The molecule has 8 aromatic rings. The molecule has 1 spiro atoms. The number of nitrogens with zero attached hydrogens (tertiary/aromatic N) is 3. The van der Waals surface area contributed by atoms with Gasteiger partial charge in [-0.05, 0) is 63.7 Å². The third-order valence-electron chi connectivity index (χ3n) is 10.0. The highest BCUT2D eigenvalue weighted by atomic mass is 32.2. The second kappa shape index (κ2) is 11.5. The average Bonchev–Trinajstić information content (AvgIpc) is 3.49. The molecule has 2 aromatic heterocycles. The second-order valence-electron chi connectivity index (χ2n) is 12.8. The SMILES string of the molecule is c1ccc(-c2cc(-c3ccccc3)nc(-c3ccc(-c4ccc5c(c4)Sc4ccccc4C54c5ccccc5-c5ccccc54)nc3)n2)cc1. The van der Waals surface area contributed by atoms with Crippen molar-refractivity contribution >= 4 is 11.8 Å². The molecular formula is C46H29N3S. The van der Waals surface area contributed by atoms with E-state index in [1.54, 1.807) is 0 Å². The molecule has 0 unspecified atom stereocenters. The Morgan fingerprint density at radius 1 is 0.380 bits per heavy atom. The van der Waals surface area contributed by atoms with Crippen molar-refractivity contribution < 1.29 is 0 Å². The maximum Gasteiger partial charge on any atom is 0.161 e. The summed E-state index contributed by atoms with van der Waals surface area (Å²) in [6, 6.07) is 60.4. The van der Waals surface area contributed by atoms with Gasteiger partial charge >= 0.3 is 0 Å². The van der Waals surface area contributed by atoms with Gasteiger partial charge in [0, 0.05) is 38.2 Å². The fourth-order valence-corrected chi connectivity index (χ4v) is 9.04. The lowest BCUT2D eigenvalue weighted by atomic mass is 9.67. The van der Waals surface area contributed by atoms with Gasteiger partial charge < -0.3 is 0 Å². The highest BCUT2D eigenvalue weighted by Crippen LogP contribution is 2.62. The first kappa shape index (κ1) is 28.9. The Labute approximate surface area is 295 Å². The topological polar surface area (TPSA) is 38.7 Å². The summed E-state index contributed by atoms with van der Waals surface area (Å²) in [6.45, 7) is 0. The normalized spacial score (nSPS) is 13.3. The number of hydrogen-bond donors (Lipinski definition) is 0. The maximum absolute atomic E-state index is 5.00. The molecule has 50 heavy (non-hydrogen) atoms. The third kappa shape index (κ3) is 4.42. The van der Waals surface area contributed by atoms with Crippen LogP contribution >= 0.6 is 11.8 Å². The van der Waals surface area contributed by atoms with Crippen LogP contribution in [0.1, 0.15) is 22.3 Å². The lowest BCUT2D eigenvalue weighted by Crippen LogP contribution is -2.31. The van der Waals surface area contributed by atoms with Crippen molar-refractivity contribution in [2.24, 2.45) is 0 Å². The predicted molar refractivity (Wildman–Crippen MR) is 203 cm³/mol. The Kier molecular flexibility index (Phi) is 6.64. The molecule has 2 aliphatic rings. The molecule has 0 fully saturated rings. The molecule has 1 aliphatic carbocycles. The summed E-state index contributed by atoms with van der Waals surface area (Å²) < 4.78 is 0. The largest absolute Gasteiger partial charge is 0.255 e. The monoisotopic (exact) mass is 655 g/mol. The summed E-state index contributed by atoms with van der Waals surface area (Å²) in [5, 5.41) is 0. The van der Waals surface area contributed by atoms with Crippen LogP contribution in [0.2, 0.25) is 0 Å². The van der Waals surface area contributed by atoms with E-state index in [1.807, 2.05) is 54.4 Å². The minimum Gasteiger partial charge on any atom is -0.255 e. The van der Waals surface area contributed by atoms with E-state index >= 15 is 0 Å². The first-order valence-electron chi connectivity index (χ1n) is 16.9. The molecule has 1 aliphatic heterocycles. The van der Waals surface area contributed by atoms with Gasteiger partial charge in [0.15, 0.2) is 5.82 Å². The Bertz CT molecular complexity index is 2460. The van der Waals surface area contributed by atoms with Crippen molar-refractivity contribution in [1.82, 2.24) is 15.0 Å². The molecule has 10 rings (SSSR count). The summed E-state index contributed by atoms with van der Waals surface area (Å²) in [6.07, 6.45) is 1.90. The van der Waals surface area contributed by atoms with E-state index < -0.39 is 0 Å². The fourth-order valence-electron chi connectivity index (χ4n) is 7.81. The average molecular weight is 656 g/mol. The van der Waals surface area contributed by atoms with E-state index in [2.05, 4.69) is 133 Å². The van der Waals surface area contributed by atoms with Gasteiger partial charge in [-0.15, -0.1) is 0 Å². The van der Waals surface area contributed by atoms with E-state index in [0.29, 0.717) is 5.82 Å². The van der Waals surface area contributed by atoms with Crippen LogP contribution in [0.3, 0.4) is 0 Å². The molecule has 3 heterocycles. The number of rotatable bonds is 4. The van der Waals surface area contributed by atoms with E-state index in [9.17, 15) is 0 Å². The number of benzene rings is 6. The number of pyridine rings is 1. The highest BCUT2D eigenvalue weighted by molar-refractivity contribution is 7.99. The zero-order valence-corrected chi connectivity index (χ0v) is 27.8. The lowest BCUT2D eigenvalue weighted by Gasteiger charge is -2.39. The van der Waals surface area contributed by atoms with E-state index in [0.717, 1.165) is 39.3 Å². The van der Waals surface area contributed by atoms with Gasteiger partial charge in [0.05, 0.1) is 22.5 Å². The van der Waals surface area contributed by atoms with Crippen molar-refractivity contribution in [3.8, 4) is 56.3 Å². The zero-order valence-electron chi connectivity index (χ0n) is 27.0. The molecule has 0 saturated carbocycles. The standard InChI is InChI=1S/C46H29N3S/c1-3-13-30(14-4-1)41-28-42(31-15-5-2-6-16-31)49-45(48-41)33-24-26-40(47-29-33)32-23-25-39-44(27-32)50-43-22-12-11-21-38(43)46(39)36-19-9-7-17-34(36)35-18-8-10-20-37(35)46/h1-29H. The lowest BCUT2D eigenvalue weighted by molar-refractivity contribution is 0.722. The predicted octanol–water partition coefficient (Wildman–Crippen LogP) is 11.4. The molecule has 0 saturated heterocycles. The van der Waals surface area contributed by atoms with Gasteiger partial charge in [-0.1, -0.05) is 151 Å². The van der Waals surface area contributed by atoms with Crippen LogP contribution < -0.4 is 0 Å². The van der Waals surface area contributed by atoms with Crippen LogP contribution in [0.15, 0.2) is 186 Å². The third-order valence-corrected chi connectivity index (χ3v) is 11.2. The van der Waals surface area contributed by atoms with Gasteiger partial charge in [0.25, 0.3) is 0 Å². The quantitative estimate of drug-likeness (QED) is 0.189. The molecule has 0 atom stereocenters. The Balaban J connectivity index is 1.08. The highest BCUT2D eigenvalue weighted by Gasteiger charge is 2.50. The first-order valence-corrected chi connectivity index (χ1v) is 17.7. The number of hydrogen-bond acceptors (Lipinski definition) is 4. The van der Waals surface area contributed by atoms with Crippen molar-refractivity contribution in [2.75, 3.05) is 0 Å². The summed E-state index contributed by atoms with van der Waals surface area (Å²) in [5.41, 5.74) is 14.3. The molecule has 0 N–H and O–H groups in total. The minimum absolute atomic E-state index is 0.377. The van der Waals surface area contributed by atoms with Gasteiger partial charge in [-0.3, -0.25) is 4.98 Å². The van der Waals surface area contributed by atoms with Gasteiger partial charge in [-0.25, -0.2) is 9.97 Å². The second-order valence-corrected chi connectivity index (χ2v) is 13.9. The maximum atomic E-state index is 5.00. The van der Waals surface area contributed by atoms with Crippen LogP contribution in [-0.2, 0) is 5.41 Å². The van der Waals surface area contributed by atoms with Crippen LogP contribution in [0.5, 0.6) is 0 Å². The Hall–Kier alpha value is -6.10. The molecule has 0 radical (unpaired) electrons. The van der Waals surface area contributed by atoms with Crippen LogP contribution in [0, 0.1) is 0 Å². The Morgan fingerprint density at radius 3 is 1.54 bits per heavy atom. The van der Waals surface area contributed by atoms with Crippen molar-refractivity contribution in [3.63, 3.8) is 0 Å². The molecule has 4 heteroatoms. The van der Waals surface area contributed by atoms with Gasteiger partial charge in [-0.2, -0.15) is 0 Å². The molecule has 0 amide bonds. The fraction of sp³-hybridized carbons (Fsp3) is 0.0217. The van der Waals surface area contributed by atoms with Gasteiger partial charge in [0.2, 0.25) is 0 Å². The van der Waals surface area contributed by atoms with Crippen LogP contribution in [0.25, 0.3) is 56.3 Å². The molecule has 6 aromatic carbocycles. The molecule has 3 nitrogen and oxygen atoms in total. The van der Waals surface area contributed by atoms with E-state index in [1.165, 1.54) is 43.2 Å². The van der Waals surface area contributed by atoms with Crippen LogP contribution in [-0.4, -0.2) is 15.0 Å². The molecule has 234 valence electrons. The smallest absolute Gasteiger partial charge is 0.161 e. The summed E-state index contributed by atoms with van der Waals surface area (Å²) in [5.74, 6) is 0.655. The minimum atomic E-state index is -0.377. The van der Waals surface area contributed by atoms with Gasteiger partial charge in [0.1, 0.15) is 0 Å². The summed E-state index contributed by atoms with van der Waals surface area (Å²) in [7, 11) is 0. The van der Waals surface area contributed by atoms with E-state index in [-0.39, 0.29) is 5.41 Å². The van der Waals surface area contributed by atoms with Crippen molar-refractivity contribution in [2.45, 2.75) is 15.2 Å². The van der Waals surface area contributed by atoms with Crippen molar-refractivity contribution in [1.29, 1.82) is 0 Å². The summed E-state index contributed by atoms with van der Waals surface area (Å²) in [4.78, 5) is 17.5. The van der Waals surface area contributed by atoms with E-state index in [4.69, 9.17) is 15.0 Å². The first-order chi connectivity index (χ1) is 24.8. The van der Waals surface area contributed by atoms with Crippen molar-refractivity contribution in [3.05, 3.63) is 198 Å². The number of fused-ring (bicyclic) bond motifs is 9. The zero-order chi connectivity index (χ0) is 33.1. The molecule has 0 bridgehead atoms. The van der Waals surface area contributed by atoms with Crippen LogP contribution in [0.4, 0.5) is 0 Å².